The molecule has 34 heavy (non-hydrogen) atoms. The van der Waals surface area contributed by atoms with E-state index >= 15 is 0 Å². The molecule has 4 rings (SSSR count). The van der Waals surface area contributed by atoms with E-state index in [2.05, 4.69) is 39.1 Å². The number of nitrogens with one attached hydrogen (secondary N) is 2. The van der Waals surface area contributed by atoms with Gasteiger partial charge in [0.25, 0.3) is 0 Å². The largest absolute Gasteiger partial charge is 0.481 e. The van der Waals surface area contributed by atoms with Crippen LogP contribution in [0.25, 0.3) is 34.1 Å². The minimum Gasteiger partial charge on any atom is -0.481 e. The minimum absolute atomic E-state index is 0.0627. The Morgan fingerprint density at radius 3 is 2.62 bits per heavy atom. The molecular weight excluding hydrogens is 451 g/mol. The maximum absolute atomic E-state index is 13.0. The van der Waals surface area contributed by atoms with E-state index in [1.165, 1.54) is 19.2 Å². The Bertz CT molecular complexity index is 1280. The van der Waals surface area contributed by atoms with E-state index < -0.39 is 11.7 Å². The number of nitrogens with zero attached hydrogens (tertiary/aromatic N) is 3. The quantitative estimate of drug-likeness (QED) is 0.324. The number of hydrogen-bond donors (Lipinski definition) is 3. The standard InChI is InChI=1S/C23H24F3N5O3/c1-12(2)6-15(11-32)28-19-9-20(33-3)31-22(30-19)21-27-10-16(29-21)18-8-13-7-14(23(24,25)26)4-5-17(13)34-18/h4-5,7-10,12,15,32H,6,11H2,1-3H3,(H,27,29)(H,28,30,31). The summed E-state index contributed by atoms with van der Waals surface area (Å²) in [7, 11) is 1.48. The summed E-state index contributed by atoms with van der Waals surface area (Å²) in [6.07, 6.45) is -2.14. The molecule has 1 unspecified atom stereocenters. The lowest BCUT2D eigenvalue weighted by Gasteiger charge is -2.19. The molecule has 1 aromatic carbocycles. The van der Waals surface area contributed by atoms with Gasteiger partial charge in [-0.15, -0.1) is 0 Å². The number of hydrogen-bond acceptors (Lipinski definition) is 7. The molecule has 0 aliphatic rings. The van der Waals surface area contributed by atoms with Gasteiger partial charge in [0.2, 0.25) is 11.7 Å². The highest BCUT2D eigenvalue weighted by Gasteiger charge is 2.30. The number of imidazole rings is 1. The summed E-state index contributed by atoms with van der Waals surface area (Å²) in [4.78, 5) is 16.2. The molecule has 1 atom stereocenters. The molecule has 0 saturated carbocycles. The molecule has 4 aromatic rings. The minimum atomic E-state index is -4.44. The van der Waals surface area contributed by atoms with E-state index in [1.54, 1.807) is 12.3 Å². The lowest BCUT2D eigenvalue weighted by atomic mass is 10.0. The Labute approximate surface area is 193 Å². The van der Waals surface area contributed by atoms with Crippen molar-refractivity contribution >= 4 is 16.8 Å². The van der Waals surface area contributed by atoms with Crippen molar-refractivity contribution in [2.45, 2.75) is 32.5 Å². The van der Waals surface area contributed by atoms with Gasteiger partial charge >= 0.3 is 6.18 Å². The van der Waals surface area contributed by atoms with Crippen LogP contribution < -0.4 is 10.1 Å². The maximum atomic E-state index is 13.0. The number of halogens is 3. The van der Waals surface area contributed by atoms with Crippen LogP contribution in [-0.2, 0) is 6.18 Å². The lowest BCUT2D eigenvalue weighted by molar-refractivity contribution is -0.137. The smallest absolute Gasteiger partial charge is 0.416 e. The van der Waals surface area contributed by atoms with Gasteiger partial charge < -0.3 is 24.6 Å². The number of benzene rings is 1. The normalized spacial score (nSPS) is 12.9. The molecule has 11 heteroatoms. The third-order valence-electron chi connectivity index (χ3n) is 5.13. The number of furan rings is 1. The van der Waals surface area contributed by atoms with Gasteiger partial charge in [0, 0.05) is 17.6 Å². The summed E-state index contributed by atoms with van der Waals surface area (Å²) < 4.78 is 50.0. The predicted molar refractivity (Wildman–Crippen MR) is 120 cm³/mol. The topological polar surface area (TPSA) is 109 Å². The number of aliphatic hydroxyl groups excluding tert-OH is 1. The fourth-order valence-corrected chi connectivity index (χ4v) is 3.58. The second kappa shape index (κ2) is 9.34. The van der Waals surface area contributed by atoms with E-state index in [0.29, 0.717) is 45.9 Å². The summed E-state index contributed by atoms with van der Waals surface area (Å²) in [6.45, 7) is 4.05. The van der Waals surface area contributed by atoms with Gasteiger partial charge in [0.1, 0.15) is 17.1 Å². The van der Waals surface area contributed by atoms with Crippen LogP contribution in [0.1, 0.15) is 25.8 Å². The highest BCUT2D eigenvalue weighted by atomic mass is 19.4. The van der Waals surface area contributed by atoms with Gasteiger partial charge in [-0.3, -0.25) is 0 Å². The van der Waals surface area contributed by atoms with Crippen LogP contribution in [0.15, 0.2) is 40.9 Å². The lowest BCUT2D eigenvalue weighted by Crippen LogP contribution is -2.26. The predicted octanol–water partition coefficient (Wildman–Crippen LogP) is 5.13. The number of aromatic nitrogens is 4. The van der Waals surface area contributed by atoms with Gasteiger partial charge in [-0.25, -0.2) is 9.97 Å². The number of alkyl halides is 3. The number of fused-ring (bicyclic) bond motifs is 1. The molecule has 0 aliphatic heterocycles. The average Bonchev–Trinajstić information content (AvgIpc) is 3.44. The summed E-state index contributed by atoms with van der Waals surface area (Å²) in [5.74, 6) is 1.99. The molecule has 0 fully saturated rings. The first-order valence-electron chi connectivity index (χ1n) is 10.6. The third-order valence-corrected chi connectivity index (χ3v) is 5.13. The van der Waals surface area contributed by atoms with Crippen molar-refractivity contribution in [3.8, 4) is 29.0 Å². The summed E-state index contributed by atoms with van der Waals surface area (Å²) in [6, 6.07) is 6.22. The Morgan fingerprint density at radius 1 is 1.15 bits per heavy atom. The van der Waals surface area contributed by atoms with Gasteiger partial charge in [0.15, 0.2) is 11.6 Å². The van der Waals surface area contributed by atoms with Gasteiger partial charge in [-0.05, 0) is 36.6 Å². The highest BCUT2D eigenvalue weighted by molar-refractivity contribution is 5.83. The van der Waals surface area contributed by atoms with Crippen LogP contribution >= 0.6 is 0 Å². The molecule has 3 aromatic heterocycles. The Balaban J connectivity index is 1.63. The molecule has 180 valence electrons. The van der Waals surface area contributed by atoms with Crippen LogP contribution in [0.3, 0.4) is 0 Å². The number of ether oxygens (including phenoxy) is 1. The summed E-state index contributed by atoms with van der Waals surface area (Å²) in [5.41, 5.74) is -0.0517. The molecule has 8 nitrogen and oxygen atoms in total. The third kappa shape index (κ3) is 5.14. The zero-order valence-corrected chi connectivity index (χ0v) is 18.8. The maximum Gasteiger partial charge on any atom is 0.416 e. The van der Waals surface area contributed by atoms with Crippen LogP contribution in [0.5, 0.6) is 5.88 Å². The van der Waals surface area contributed by atoms with Crippen molar-refractivity contribution in [3.63, 3.8) is 0 Å². The van der Waals surface area contributed by atoms with Crippen LogP contribution in [-0.4, -0.2) is 44.8 Å². The van der Waals surface area contributed by atoms with Gasteiger partial charge in [-0.1, -0.05) is 13.8 Å². The van der Waals surface area contributed by atoms with Crippen LogP contribution in [0.2, 0.25) is 0 Å². The summed E-state index contributed by atoms with van der Waals surface area (Å²) >= 11 is 0. The van der Waals surface area contributed by atoms with Gasteiger partial charge in [0.05, 0.1) is 25.3 Å². The number of aromatic amines is 1. The second-order valence-corrected chi connectivity index (χ2v) is 8.27. The van der Waals surface area contributed by atoms with Crippen molar-refractivity contribution in [1.82, 2.24) is 19.9 Å². The molecule has 3 heterocycles. The molecule has 0 aliphatic carbocycles. The van der Waals surface area contributed by atoms with E-state index in [4.69, 9.17) is 9.15 Å². The number of anilines is 1. The Morgan fingerprint density at radius 2 is 1.94 bits per heavy atom. The van der Waals surface area contributed by atoms with Crippen molar-refractivity contribution in [2.24, 2.45) is 5.92 Å². The van der Waals surface area contributed by atoms with Crippen molar-refractivity contribution < 1.29 is 27.4 Å². The van der Waals surface area contributed by atoms with Crippen molar-refractivity contribution in [3.05, 3.63) is 42.1 Å². The zero-order valence-electron chi connectivity index (χ0n) is 18.8. The van der Waals surface area contributed by atoms with Crippen LogP contribution in [0, 0.1) is 5.92 Å². The molecule has 0 spiro atoms. The highest BCUT2D eigenvalue weighted by Crippen LogP contribution is 2.34. The Kier molecular flexibility index (Phi) is 6.47. The van der Waals surface area contributed by atoms with E-state index in [-0.39, 0.29) is 18.5 Å². The monoisotopic (exact) mass is 475 g/mol. The summed E-state index contributed by atoms with van der Waals surface area (Å²) in [5, 5.41) is 13.2. The molecule has 0 radical (unpaired) electrons. The Hall–Kier alpha value is -3.60. The first-order chi connectivity index (χ1) is 16.2. The molecule has 0 bridgehead atoms. The fourth-order valence-electron chi connectivity index (χ4n) is 3.58. The SMILES string of the molecule is COc1cc(NC(CO)CC(C)C)nc(-c2nc(-c3cc4cc(C(F)(F)F)ccc4o3)c[nH]2)n1. The molecular formula is C23H24F3N5O3. The second-order valence-electron chi connectivity index (χ2n) is 8.27. The van der Waals surface area contributed by atoms with E-state index in [9.17, 15) is 18.3 Å². The zero-order chi connectivity index (χ0) is 24.5. The first-order valence-corrected chi connectivity index (χ1v) is 10.6. The van der Waals surface area contributed by atoms with E-state index in [1.807, 2.05) is 0 Å². The molecule has 3 N–H and O–H groups in total. The number of methoxy groups -OCH3 is 1. The van der Waals surface area contributed by atoms with Crippen LogP contribution in [0.4, 0.5) is 19.0 Å². The first kappa shape index (κ1) is 23.6. The van der Waals surface area contributed by atoms with Crippen molar-refractivity contribution in [2.75, 3.05) is 19.0 Å². The van der Waals surface area contributed by atoms with Gasteiger partial charge in [-0.2, -0.15) is 18.2 Å². The molecule has 0 amide bonds. The fraction of sp³-hybridized carbons (Fsp3) is 0.348. The average molecular weight is 475 g/mol. The molecule has 0 saturated heterocycles. The number of rotatable bonds is 8. The number of H-pyrrole nitrogens is 1. The van der Waals surface area contributed by atoms with Crippen molar-refractivity contribution in [1.29, 1.82) is 0 Å². The van der Waals surface area contributed by atoms with E-state index in [0.717, 1.165) is 18.6 Å². The number of aliphatic hydroxyl groups is 1.